The second-order valence-electron chi connectivity index (χ2n) is 5.45. The summed E-state index contributed by atoms with van der Waals surface area (Å²) in [5.41, 5.74) is 0. The van der Waals surface area contributed by atoms with E-state index >= 15 is 0 Å². The predicted octanol–water partition coefficient (Wildman–Crippen LogP) is 5.98. The van der Waals surface area contributed by atoms with E-state index in [2.05, 4.69) is 0 Å². The molecule has 0 aromatic heterocycles. The summed E-state index contributed by atoms with van der Waals surface area (Å²) in [6.07, 6.45) is 15.4. The maximum atomic E-state index is 10.5. The molecule has 0 bridgehead atoms. The third-order valence-electron chi connectivity index (χ3n) is 3.50. The molecule has 0 amide bonds. The van der Waals surface area contributed by atoms with Crippen molar-refractivity contribution in [3.63, 3.8) is 0 Å². The van der Waals surface area contributed by atoms with Crippen LogP contribution in [0.5, 0.6) is 0 Å². The van der Waals surface area contributed by atoms with Crippen LogP contribution in [0.2, 0.25) is 0 Å². The average molecular weight is 323 g/mol. The van der Waals surface area contributed by atoms with Crippen LogP contribution >= 0.6 is 23.2 Å². The number of hydrogen-bond acceptors (Lipinski definition) is 2. The van der Waals surface area contributed by atoms with Gasteiger partial charge in [-0.15, -0.1) is 0 Å². The first kappa shape index (κ1) is 19.9. The Morgan fingerprint density at radius 2 is 0.650 bits per heavy atom. The molecule has 0 atom stereocenters. The van der Waals surface area contributed by atoms with Gasteiger partial charge in [-0.05, 0) is 36.0 Å². The molecular weight excluding hydrogens is 295 g/mol. The predicted molar refractivity (Wildman–Crippen MR) is 86.4 cm³/mol. The van der Waals surface area contributed by atoms with E-state index in [9.17, 15) is 9.59 Å². The number of unbranched alkanes of at least 4 members (excludes halogenated alkanes) is 11. The highest BCUT2D eigenvalue weighted by Gasteiger charge is 1.97. The van der Waals surface area contributed by atoms with E-state index in [-0.39, 0.29) is 10.5 Å². The van der Waals surface area contributed by atoms with Gasteiger partial charge >= 0.3 is 0 Å². The van der Waals surface area contributed by atoms with Crippen molar-refractivity contribution in [1.29, 1.82) is 0 Å². The standard InChI is InChI=1S/C16H28Cl2O2/c17-15(19)13-11-9-7-5-3-1-2-4-6-8-10-12-14-16(18)20/h1-14H2. The maximum Gasteiger partial charge on any atom is 0.221 e. The third-order valence-corrected chi connectivity index (χ3v) is 3.87. The summed E-state index contributed by atoms with van der Waals surface area (Å²) in [5, 5.41) is -0.416. The van der Waals surface area contributed by atoms with Crippen molar-refractivity contribution >= 4 is 33.7 Å². The minimum Gasteiger partial charge on any atom is -0.281 e. The summed E-state index contributed by atoms with van der Waals surface area (Å²) >= 11 is 10.5. The van der Waals surface area contributed by atoms with Gasteiger partial charge in [0.25, 0.3) is 0 Å². The number of hydrogen-bond donors (Lipinski definition) is 0. The molecule has 4 heteroatoms. The highest BCUT2D eigenvalue weighted by molar-refractivity contribution is 6.63. The van der Waals surface area contributed by atoms with Gasteiger partial charge < -0.3 is 0 Å². The Hall–Kier alpha value is -0.0800. The van der Waals surface area contributed by atoms with Crippen LogP contribution in [-0.4, -0.2) is 10.5 Å². The molecule has 0 heterocycles. The first-order valence-electron chi connectivity index (χ1n) is 7.99. The lowest BCUT2D eigenvalue weighted by Crippen LogP contribution is -1.87. The molecule has 0 aliphatic rings. The van der Waals surface area contributed by atoms with Gasteiger partial charge in [0.15, 0.2) is 0 Å². The molecule has 0 spiro atoms. The Morgan fingerprint density at radius 3 is 0.850 bits per heavy atom. The smallest absolute Gasteiger partial charge is 0.221 e. The highest BCUT2D eigenvalue weighted by atomic mass is 35.5. The SMILES string of the molecule is O=C(Cl)CCCCCCCCCCCCCCC(=O)Cl. The Labute approximate surface area is 133 Å². The quantitative estimate of drug-likeness (QED) is 0.274. The van der Waals surface area contributed by atoms with Gasteiger partial charge in [0.2, 0.25) is 10.5 Å². The number of rotatable bonds is 15. The van der Waals surface area contributed by atoms with E-state index in [1.807, 2.05) is 0 Å². The first-order valence-corrected chi connectivity index (χ1v) is 8.75. The molecule has 0 radical (unpaired) electrons. The molecule has 0 saturated carbocycles. The molecule has 0 aromatic carbocycles. The van der Waals surface area contributed by atoms with Gasteiger partial charge in [-0.1, -0.05) is 64.2 Å². The third kappa shape index (κ3) is 17.9. The molecule has 0 rings (SSSR count). The van der Waals surface area contributed by atoms with Crippen LogP contribution in [-0.2, 0) is 9.59 Å². The van der Waals surface area contributed by atoms with Gasteiger partial charge in [-0.25, -0.2) is 0 Å². The number of carbonyl (C=O) groups is 2. The molecule has 0 aromatic rings. The van der Waals surface area contributed by atoms with E-state index in [0.29, 0.717) is 12.8 Å². The molecule has 0 fully saturated rings. The molecule has 118 valence electrons. The fourth-order valence-electron chi connectivity index (χ4n) is 2.30. The second kappa shape index (κ2) is 15.3. The first-order chi connectivity index (χ1) is 9.63. The minimum atomic E-state index is -0.208. The minimum absolute atomic E-state index is 0.208. The van der Waals surface area contributed by atoms with Gasteiger partial charge in [0.05, 0.1) is 0 Å². The molecule has 2 nitrogen and oxygen atoms in total. The van der Waals surface area contributed by atoms with Crippen LogP contribution < -0.4 is 0 Å². The van der Waals surface area contributed by atoms with Crippen molar-refractivity contribution in [2.75, 3.05) is 0 Å². The lowest BCUT2D eigenvalue weighted by Gasteiger charge is -2.02. The van der Waals surface area contributed by atoms with Crippen molar-refractivity contribution in [3.8, 4) is 0 Å². The molecule has 0 aliphatic heterocycles. The maximum absolute atomic E-state index is 10.5. The van der Waals surface area contributed by atoms with Crippen molar-refractivity contribution in [3.05, 3.63) is 0 Å². The average Bonchev–Trinajstić information content (AvgIpc) is 2.38. The van der Waals surface area contributed by atoms with Gasteiger partial charge in [-0.2, -0.15) is 0 Å². The molecule has 0 aliphatic carbocycles. The van der Waals surface area contributed by atoms with Crippen molar-refractivity contribution in [1.82, 2.24) is 0 Å². The number of carbonyl (C=O) groups excluding carboxylic acids is 2. The lowest BCUT2D eigenvalue weighted by molar-refractivity contribution is -0.112. The topological polar surface area (TPSA) is 34.1 Å². The van der Waals surface area contributed by atoms with Gasteiger partial charge in [0, 0.05) is 12.8 Å². The number of halogens is 2. The zero-order valence-corrected chi connectivity index (χ0v) is 14.0. The molecule has 20 heavy (non-hydrogen) atoms. The zero-order chi connectivity index (χ0) is 15.1. The van der Waals surface area contributed by atoms with Crippen LogP contribution in [0, 0.1) is 0 Å². The van der Waals surface area contributed by atoms with Crippen LogP contribution in [0.15, 0.2) is 0 Å². The summed E-state index contributed by atoms with van der Waals surface area (Å²) in [6.45, 7) is 0. The summed E-state index contributed by atoms with van der Waals surface area (Å²) < 4.78 is 0. The van der Waals surface area contributed by atoms with E-state index < -0.39 is 0 Å². The van der Waals surface area contributed by atoms with E-state index in [0.717, 1.165) is 25.7 Å². The molecular formula is C16H28Cl2O2. The largest absolute Gasteiger partial charge is 0.281 e. The van der Waals surface area contributed by atoms with E-state index in [1.54, 1.807) is 0 Å². The molecule has 0 saturated heterocycles. The summed E-state index contributed by atoms with van der Waals surface area (Å²) in [7, 11) is 0. The Morgan fingerprint density at radius 1 is 0.450 bits per heavy atom. The van der Waals surface area contributed by atoms with Crippen LogP contribution in [0.1, 0.15) is 89.9 Å². The lowest BCUT2D eigenvalue weighted by atomic mass is 10.0. The summed E-state index contributed by atoms with van der Waals surface area (Å²) in [6, 6.07) is 0. The van der Waals surface area contributed by atoms with Crippen LogP contribution in [0.25, 0.3) is 0 Å². The monoisotopic (exact) mass is 322 g/mol. The zero-order valence-electron chi connectivity index (χ0n) is 12.5. The van der Waals surface area contributed by atoms with Crippen molar-refractivity contribution in [2.45, 2.75) is 89.9 Å². The van der Waals surface area contributed by atoms with Gasteiger partial charge in [0.1, 0.15) is 0 Å². The van der Waals surface area contributed by atoms with Gasteiger partial charge in [-0.3, -0.25) is 9.59 Å². The fraction of sp³-hybridized carbons (Fsp3) is 0.875. The van der Waals surface area contributed by atoms with Crippen LogP contribution in [0.4, 0.5) is 0 Å². The summed E-state index contributed by atoms with van der Waals surface area (Å²) in [5.74, 6) is 0. The van der Waals surface area contributed by atoms with E-state index in [4.69, 9.17) is 23.2 Å². The molecule has 0 N–H and O–H groups in total. The molecule has 0 unspecified atom stereocenters. The Kier molecular flexibility index (Phi) is 15.3. The summed E-state index contributed by atoms with van der Waals surface area (Å²) in [4.78, 5) is 21.0. The van der Waals surface area contributed by atoms with Crippen molar-refractivity contribution in [2.24, 2.45) is 0 Å². The Balaban J connectivity index is 2.99. The second-order valence-corrected chi connectivity index (χ2v) is 6.30. The normalized spacial score (nSPS) is 10.7. The fourth-order valence-corrected chi connectivity index (χ4v) is 2.56. The van der Waals surface area contributed by atoms with Crippen LogP contribution in [0.3, 0.4) is 0 Å². The Bertz CT molecular complexity index is 229. The highest BCUT2D eigenvalue weighted by Crippen LogP contribution is 2.13. The van der Waals surface area contributed by atoms with E-state index in [1.165, 1.54) is 51.4 Å². The van der Waals surface area contributed by atoms with Crippen molar-refractivity contribution < 1.29 is 9.59 Å².